The molecule has 0 saturated heterocycles. The topological polar surface area (TPSA) is 80.7 Å². The quantitative estimate of drug-likeness (QED) is 0.116. The number of carbonyl (C=O) groups excluding carboxylic acids is 3. The molecule has 5 nitrogen and oxygen atoms in total. The Bertz CT molecular complexity index is 1000. The first kappa shape index (κ1) is 35.4. The van der Waals surface area contributed by atoms with Crippen LogP contribution in [-0.4, -0.2) is 34.9 Å². The summed E-state index contributed by atoms with van der Waals surface area (Å²) in [5.41, 5.74) is -0.486. The number of Topliss-reactive ketones (excluding diaryl/α,β-unsaturated/α-hetero) is 1. The van der Waals surface area contributed by atoms with E-state index >= 15 is 0 Å². The zero-order chi connectivity index (χ0) is 31.6. The fraction of sp³-hybridized carbons (Fsp3) is 0.872. The first-order valence-electron chi connectivity index (χ1n) is 18.8. The van der Waals surface area contributed by atoms with Crippen LogP contribution in [0.1, 0.15) is 175 Å². The van der Waals surface area contributed by atoms with Crippen LogP contribution in [0.4, 0.5) is 0 Å². The van der Waals surface area contributed by atoms with E-state index in [9.17, 15) is 19.5 Å². The highest BCUT2D eigenvalue weighted by Crippen LogP contribution is 2.67. The largest absolute Gasteiger partial charge is 0.458 e. The van der Waals surface area contributed by atoms with Gasteiger partial charge in [0.05, 0.1) is 0 Å². The van der Waals surface area contributed by atoms with E-state index in [4.69, 9.17) is 4.74 Å². The molecule has 250 valence electrons. The second kappa shape index (κ2) is 16.4. The lowest BCUT2D eigenvalue weighted by molar-refractivity contribution is -0.170. The van der Waals surface area contributed by atoms with Crippen LogP contribution in [0.15, 0.2) is 11.6 Å². The van der Waals surface area contributed by atoms with Gasteiger partial charge in [0.2, 0.25) is 5.78 Å². The number of rotatable bonds is 19. The average Bonchev–Trinajstić information content (AvgIpc) is 3.29. The lowest BCUT2D eigenvalue weighted by Gasteiger charge is -2.58. The van der Waals surface area contributed by atoms with Crippen molar-refractivity contribution in [3.05, 3.63) is 11.6 Å². The minimum Gasteiger partial charge on any atom is -0.458 e. The molecule has 0 spiro atoms. The van der Waals surface area contributed by atoms with Crippen LogP contribution in [0.25, 0.3) is 0 Å². The summed E-state index contributed by atoms with van der Waals surface area (Å²) in [7, 11) is 0. The molecule has 0 radical (unpaired) electrons. The standard InChI is InChI=1S/C39H64O5/c1-4-5-6-7-8-9-10-11-12-13-14-15-16-17-18-19-36(42)44-29-35(41)39(43)27-24-34-32-21-20-30-28-31(40)22-25-37(30,2)33(32)23-26-38(34,39)3/h28,32-34,43H,4-27,29H2,1-3H3/t32-,33+,34+,37+,38+,39+/m1/s1. The van der Waals surface area contributed by atoms with Crippen LogP contribution in [0.5, 0.6) is 0 Å². The number of fused-ring (bicyclic) bond motifs is 5. The molecule has 0 aromatic carbocycles. The molecule has 0 amide bonds. The van der Waals surface area contributed by atoms with Gasteiger partial charge in [0.25, 0.3) is 0 Å². The first-order chi connectivity index (χ1) is 21.2. The highest BCUT2D eigenvalue weighted by Gasteiger charge is 2.66. The molecule has 3 saturated carbocycles. The summed E-state index contributed by atoms with van der Waals surface area (Å²) in [6, 6.07) is 0. The minimum atomic E-state index is -1.42. The maximum atomic E-state index is 13.5. The number of esters is 1. The van der Waals surface area contributed by atoms with Crippen LogP contribution < -0.4 is 0 Å². The second-order valence-corrected chi connectivity index (χ2v) is 15.6. The Balaban J connectivity index is 1.10. The Labute approximate surface area is 268 Å². The van der Waals surface area contributed by atoms with Gasteiger partial charge in [-0.15, -0.1) is 0 Å². The van der Waals surface area contributed by atoms with Crippen LogP contribution in [0, 0.1) is 28.6 Å². The summed E-state index contributed by atoms with van der Waals surface area (Å²) in [5.74, 6) is 0.925. The summed E-state index contributed by atoms with van der Waals surface area (Å²) in [6.07, 6.45) is 28.2. The van der Waals surface area contributed by atoms with Gasteiger partial charge >= 0.3 is 5.97 Å². The van der Waals surface area contributed by atoms with Gasteiger partial charge in [-0.3, -0.25) is 14.4 Å². The van der Waals surface area contributed by atoms with E-state index in [2.05, 4.69) is 20.8 Å². The van der Waals surface area contributed by atoms with Crippen molar-refractivity contribution in [1.29, 1.82) is 0 Å². The molecule has 44 heavy (non-hydrogen) atoms. The van der Waals surface area contributed by atoms with Crippen molar-refractivity contribution in [3.8, 4) is 0 Å². The highest BCUT2D eigenvalue weighted by molar-refractivity contribution is 5.92. The number of carbonyl (C=O) groups is 3. The molecule has 4 aliphatic carbocycles. The van der Waals surface area contributed by atoms with Crippen molar-refractivity contribution in [2.45, 2.75) is 180 Å². The summed E-state index contributed by atoms with van der Waals surface area (Å²) < 4.78 is 5.44. The SMILES string of the molecule is CCCCCCCCCCCCCCCCCC(=O)OCC(=O)[C@@]1(O)CC[C@H]2[C@@H]3CCC4=CC(=O)CC[C@]4(C)[C@H]3CC[C@@]21C. The molecule has 1 N–H and O–H groups in total. The first-order valence-corrected chi connectivity index (χ1v) is 18.8. The molecule has 5 heteroatoms. The fourth-order valence-electron chi connectivity index (χ4n) is 10.0. The molecule has 0 aliphatic heterocycles. The lowest BCUT2D eigenvalue weighted by Crippen LogP contribution is -2.58. The highest BCUT2D eigenvalue weighted by atomic mass is 16.5. The summed E-state index contributed by atoms with van der Waals surface area (Å²) in [4.78, 5) is 38.0. The number of hydrogen-bond acceptors (Lipinski definition) is 5. The Morgan fingerprint density at radius 2 is 1.34 bits per heavy atom. The third-order valence-electron chi connectivity index (χ3n) is 12.9. The van der Waals surface area contributed by atoms with E-state index in [1.807, 2.05) is 6.08 Å². The van der Waals surface area contributed by atoms with Crippen molar-refractivity contribution < 1.29 is 24.2 Å². The number of allylic oxidation sites excluding steroid dienone is 1. The molecular formula is C39H64O5. The molecular weight excluding hydrogens is 548 g/mol. The van der Waals surface area contributed by atoms with E-state index in [0.717, 1.165) is 57.8 Å². The van der Waals surface area contributed by atoms with Crippen molar-refractivity contribution in [2.75, 3.05) is 6.61 Å². The molecule has 3 fully saturated rings. The third-order valence-corrected chi connectivity index (χ3v) is 12.9. The number of unbranched alkanes of at least 4 members (excludes halogenated alkanes) is 14. The Kier molecular flexibility index (Phi) is 13.2. The maximum absolute atomic E-state index is 13.5. The van der Waals surface area contributed by atoms with E-state index in [0.29, 0.717) is 37.0 Å². The van der Waals surface area contributed by atoms with Crippen LogP contribution in [-0.2, 0) is 19.1 Å². The van der Waals surface area contributed by atoms with Crippen LogP contribution in [0.2, 0.25) is 0 Å². The molecule has 4 rings (SSSR count). The van der Waals surface area contributed by atoms with Gasteiger partial charge in [0, 0.05) is 18.3 Å². The van der Waals surface area contributed by atoms with Crippen molar-refractivity contribution in [2.24, 2.45) is 28.6 Å². The van der Waals surface area contributed by atoms with Crippen LogP contribution >= 0.6 is 0 Å². The van der Waals surface area contributed by atoms with E-state index in [1.54, 1.807) is 0 Å². The van der Waals surface area contributed by atoms with Gasteiger partial charge in [-0.2, -0.15) is 0 Å². The third kappa shape index (κ3) is 8.07. The van der Waals surface area contributed by atoms with Gasteiger partial charge < -0.3 is 9.84 Å². The predicted octanol–water partition coefficient (Wildman–Crippen LogP) is 9.62. The monoisotopic (exact) mass is 612 g/mol. The second-order valence-electron chi connectivity index (χ2n) is 15.6. The van der Waals surface area contributed by atoms with Gasteiger partial charge in [-0.25, -0.2) is 0 Å². The number of hydrogen-bond donors (Lipinski definition) is 1. The summed E-state index contributed by atoms with van der Waals surface area (Å²) >= 11 is 0. The number of ketones is 2. The predicted molar refractivity (Wildman–Crippen MR) is 177 cm³/mol. The van der Waals surface area contributed by atoms with Gasteiger partial charge in [0.15, 0.2) is 12.4 Å². The smallest absolute Gasteiger partial charge is 0.306 e. The molecule has 0 bridgehead atoms. The summed E-state index contributed by atoms with van der Waals surface area (Å²) in [5, 5.41) is 11.9. The zero-order valence-corrected chi connectivity index (χ0v) is 28.6. The number of ether oxygens (including phenoxy) is 1. The van der Waals surface area contributed by atoms with E-state index < -0.39 is 11.0 Å². The lowest BCUT2D eigenvalue weighted by atomic mass is 9.46. The molecule has 4 aliphatic rings. The van der Waals surface area contributed by atoms with Crippen LogP contribution in [0.3, 0.4) is 0 Å². The Morgan fingerprint density at radius 3 is 1.95 bits per heavy atom. The maximum Gasteiger partial charge on any atom is 0.306 e. The van der Waals surface area contributed by atoms with Crippen molar-refractivity contribution >= 4 is 17.5 Å². The summed E-state index contributed by atoms with van der Waals surface area (Å²) in [6.45, 7) is 6.44. The van der Waals surface area contributed by atoms with Crippen molar-refractivity contribution in [1.82, 2.24) is 0 Å². The van der Waals surface area contributed by atoms with E-state index in [1.165, 1.54) is 82.6 Å². The van der Waals surface area contributed by atoms with Gasteiger partial charge in [-0.1, -0.05) is 116 Å². The van der Waals surface area contributed by atoms with Crippen molar-refractivity contribution in [3.63, 3.8) is 0 Å². The Hall–Kier alpha value is -1.49. The average molecular weight is 613 g/mol. The van der Waals surface area contributed by atoms with Gasteiger partial charge in [-0.05, 0) is 80.6 Å². The fourth-order valence-corrected chi connectivity index (χ4v) is 10.0. The number of aliphatic hydroxyl groups is 1. The minimum absolute atomic E-state index is 0.0748. The van der Waals surface area contributed by atoms with Gasteiger partial charge in [0.1, 0.15) is 5.60 Å². The molecule has 0 heterocycles. The molecule has 0 unspecified atom stereocenters. The zero-order valence-electron chi connectivity index (χ0n) is 28.6. The van der Waals surface area contributed by atoms with E-state index in [-0.39, 0.29) is 29.6 Å². The Morgan fingerprint density at radius 1 is 0.773 bits per heavy atom. The molecule has 0 aromatic heterocycles. The normalized spacial score (nSPS) is 32.9. The molecule has 0 aromatic rings. The molecule has 6 atom stereocenters.